The molecule has 0 heterocycles. The number of carbonyl (C=O) groups excluding carboxylic acids is 2. The molecule has 1 N–H and O–H groups in total. The fourth-order valence-electron chi connectivity index (χ4n) is 2.68. The summed E-state index contributed by atoms with van der Waals surface area (Å²) in [6, 6.07) is 11.5. The van der Waals surface area contributed by atoms with Crippen LogP contribution in [0.5, 0.6) is 5.75 Å². The molecule has 2 rings (SSSR count). The highest BCUT2D eigenvalue weighted by Crippen LogP contribution is 2.28. The van der Waals surface area contributed by atoms with E-state index in [0.717, 1.165) is 5.56 Å². The van der Waals surface area contributed by atoms with Crippen molar-refractivity contribution in [2.45, 2.75) is 45.8 Å². The zero-order valence-electron chi connectivity index (χ0n) is 17.3. The number of halogens is 3. The maximum absolute atomic E-state index is 13.1. The van der Waals surface area contributed by atoms with Crippen LogP contribution in [0.25, 0.3) is 0 Å². The van der Waals surface area contributed by atoms with Gasteiger partial charge >= 0.3 is 0 Å². The van der Waals surface area contributed by atoms with Gasteiger partial charge in [0.1, 0.15) is 11.8 Å². The minimum absolute atomic E-state index is 0.183. The van der Waals surface area contributed by atoms with E-state index < -0.39 is 11.6 Å². The Kier molecular flexibility index (Phi) is 8.59. The summed E-state index contributed by atoms with van der Waals surface area (Å²) in [6.45, 7) is 7.30. The Morgan fingerprint density at radius 1 is 1.17 bits per heavy atom. The van der Waals surface area contributed by atoms with E-state index >= 15 is 0 Å². The van der Waals surface area contributed by atoms with E-state index in [-0.39, 0.29) is 25.0 Å². The quantitative estimate of drug-likeness (QED) is 0.532. The van der Waals surface area contributed by atoms with Crippen molar-refractivity contribution in [3.63, 3.8) is 0 Å². The number of rotatable bonds is 7. The average molecular weight is 516 g/mol. The predicted octanol–water partition coefficient (Wildman–Crippen LogP) is 5.47. The summed E-state index contributed by atoms with van der Waals surface area (Å²) in [6.07, 6.45) is 0. The van der Waals surface area contributed by atoms with Gasteiger partial charge in [-0.25, -0.2) is 0 Å². The van der Waals surface area contributed by atoms with E-state index in [1.807, 2.05) is 39.0 Å². The zero-order valence-corrected chi connectivity index (χ0v) is 20.4. The molecule has 0 saturated carbocycles. The molecule has 2 amide bonds. The van der Waals surface area contributed by atoms with Crippen molar-refractivity contribution in [3.8, 4) is 5.75 Å². The van der Waals surface area contributed by atoms with Crippen LogP contribution in [0.1, 0.15) is 33.3 Å². The second kappa shape index (κ2) is 10.5. The van der Waals surface area contributed by atoms with Gasteiger partial charge in [0, 0.05) is 22.1 Å². The van der Waals surface area contributed by atoms with Crippen LogP contribution < -0.4 is 10.1 Å². The normalized spacial score (nSPS) is 12.2. The number of nitrogens with zero attached hydrogens (tertiary/aromatic N) is 1. The highest BCUT2D eigenvalue weighted by molar-refractivity contribution is 9.10. The minimum atomic E-state index is -0.717. The van der Waals surface area contributed by atoms with Crippen LogP contribution in [0.4, 0.5) is 0 Å². The first kappa shape index (κ1) is 24.5. The summed E-state index contributed by atoms with van der Waals surface area (Å²) < 4.78 is 6.31. The highest BCUT2D eigenvalue weighted by atomic mass is 79.9. The lowest BCUT2D eigenvalue weighted by molar-refractivity contribution is -0.142. The Morgan fingerprint density at radius 3 is 2.43 bits per heavy atom. The summed E-state index contributed by atoms with van der Waals surface area (Å²) >= 11 is 15.6. The molecule has 0 aliphatic rings. The predicted molar refractivity (Wildman–Crippen MR) is 124 cm³/mol. The third-order valence-electron chi connectivity index (χ3n) is 4.21. The number of benzene rings is 2. The standard InChI is InChI=1S/C22H25BrCl2N2O3/c1-14(21(29)26-22(2,3)4)27(12-15-7-5-6-8-18(15)25)20(28)13-30-19-10-9-16(24)11-17(19)23/h5-11,14H,12-13H2,1-4H3,(H,26,29)/t14-/m1/s1. The molecule has 8 heteroatoms. The third kappa shape index (κ3) is 7.18. The van der Waals surface area contributed by atoms with Crippen molar-refractivity contribution in [3.05, 3.63) is 62.5 Å². The molecule has 30 heavy (non-hydrogen) atoms. The van der Waals surface area contributed by atoms with Crippen molar-refractivity contribution in [1.82, 2.24) is 10.2 Å². The van der Waals surface area contributed by atoms with Crippen molar-refractivity contribution in [2.24, 2.45) is 0 Å². The van der Waals surface area contributed by atoms with E-state index in [2.05, 4.69) is 21.2 Å². The number of carbonyl (C=O) groups is 2. The smallest absolute Gasteiger partial charge is 0.261 e. The van der Waals surface area contributed by atoms with E-state index in [9.17, 15) is 9.59 Å². The zero-order chi connectivity index (χ0) is 22.5. The first-order valence-electron chi connectivity index (χ1n) is 9.40. The van der Waals surface area contributed by atoms with Crippen molar-refractivity contribution in [1.29, 1.82) is 0 Å². The Hall–Kier alpha value is -1.76. The fourth-order valence-corrected chi connectivity index (χ4v) is 3.67. The van der Waals surface area contributed by atoms with Crippen LogP contribution >= 0.6 is 39.1 Å². The van der Waals surface area contributed by atoms with Gasteiger partial charge in [0.15, 0.2) is 6.61 Å². The second-order valence-electron chi connectivity index (χ2n) is 7.89. The van der Waals surface area contributed by atoms with Gasteiger partial charge in [0.05, 0.1) is 4.47 Å². The maximum Gasteiger partial charge on any atom is 0.261 e. The Morgan fingerprint density at radius 2 is 1.83 bits per heavy atom. The van der Waals surface area contributed by atoms with Gasteiger partial charge in [0.25, 0.3) is 5.91 Å². The first-order valence-corrected chi connectivity index (χ1v) is 11.0. The molecule has 0 aliphatic carbocycles. The molecule has 2 aromatic carbocycles. The molecule has 0 bridgehead atoms. The maximum atomic E-state index is 13.1. The molecule has 0 unspecified atom stereocenters. The first-order chi connectivity index (χ1) is 14.0. The van der Waals surface area contributed by atoms with Crippen molar-refractivity contribution < 1.29 is 14.3 Å². The molecule has 1 atom stereocenters. The second-order valence-corrected chi connectivity index (χ2v) is 9.59. The molecule has 2 aromatic rings. The van der Waals surface area contributed by atoms with Crippen LogP contribution in [-0.2, 0) is 16.1 Å². The van der Waals surface area contributed by atoms with E-state index in [1.165, 1.54) is 4.90 Å². The lowest BCUT2D eigenvalue weighted by atomic mass is 10.1. The summed E-state index contributed by atoms with van der Waals surface area (Å²) in [4.78, 5) is 27.3. The topological polar surface area (TPSA) is 58.6 Å². The van der Waals surface area contributed by atoms with Gasteiger partial charge in [-0.3, -0.25) is 9.59 Å². The van der Waals surface area contributed by atoms with E-state index in [4.69, 9.17) is 27.9 Å². The Bertz CT molecular complexity index is 915. The van der Waals surface area contributed by atoms with Gasteiger partial charge in [-0.05, 0) is 73.5 Å². The molecule has 0 radical (unpaired) electrons. The molecule has 0 spiro atoms. The number of hydrogen-bond donors (Lipinski definition) is 1. The molecule has 162 valence electrons. The monoisotopic (exact) mass is 514 g/mol. The van der Waals surface area contributed by atoms with Crippen LogP contribution in [0.15, 0.2) is 46.9 Å². The third-order valence-corrected chi connectivity index (χ3v) is 5.43. The van der Waals surface area contributed by atoms with Gasteiger partial charge < -0.3 is 15.0 Å². The van der Waals surface area contributed by atoms with Crippen molar-refractivity contribution in [2.75, 3.05) is 6.61 Å². The molecular weight excluding hydrogens is 491 g/mol. The van der Waals surface area contributed by atoms with Crippen LogP contribution in [0, 0.1) is 0 Å². The highest BCUT2D eigenvalue weighted by Gasteiger charge is 2.29. The molecule has 5 nitrogen and oxygen atoms in total. The van der Waals surface area contributed by atoms with Gasteiger partial charge in [-0.1, -0.05) is 41.4 Å². The number of amides is 2. The molecular formula is C22H25BrCl2N2O3. The summed E-state index contributed by atoms with van der Waals surface area (Å²) in [7, 11) is 0. The van der Waals surface area contributed by atoms with E-state index in [1.54, 1.807) is 31.2 Å². The molecule has 0 fully saturated rings. The van der Waals surface area contributed by atoms with Crippen molar-refractivity contribution >= 4 is 50.9 Å². The number of hydrogen-bond acceptors (Lipinski definition) is 3. The Balaban J connectivity index is 2.21. The van der Waals surface area contributed by atoms with Gasteiger partial charge in [0.2, 0.25) is 5.91 Å². The van der Waals surface area contributed by atoms with Gasteiger partial charge in [-0.15, -0.1) is 0 Å². The minimum Gasteiger partial charge on any atom is -0.483 e. The summed E-state index contributed by atoms with van der Waals surface area (Å²) in [5.41, 5.74) is 0.324. The SMILES string of the molecule is C[C@H](C(=O)NC(C)(C)C)N(Cc1ccccc1Cl)C(=O)COc1ccc(Cl)cc1Br. The van der Waals surface area contributed by atoms with Crippen LogP contribution in [-0.4, -0.2) is 34.9 Å². The number of ether oxygens (including phenoxy) is 1. The van der Waals surface area contributed by atoms with E-state index in [0.29, 0.717) is 20.3 Å². The lowest BCUT2D eigenvalue weighted by Gasteiger charge is -2.31. The summed E-state index contributed by atoms with van der Waals surface area (Å²) in [5.74, 6) is -0.110. The average Bonchev–Trinajstić information content (AvgIpc) is 2.64. The summed E-state index contributed by atoms with van der Waals surface area (Å²) in [5, 5.41) is 3.99. The molecule has 0 aromatic heterocycles. The van der Waals surface area contributed by atoms with Gasteiger partial charge in [-0.2, -0.15) is 0 Å². The lowest BCUT2D eigenvalue weighted by Crippen LogP contribution is -2.53. The van der Waals surface area contributed by atoms with Crippen LogP contribution in [0.3, 0.4) is 0 Å². The molecule has 0 aliphatic heterocycles. The fraction of sp³-hybridized carbons (Fsp3) is 0.364. The molecule has 0 saturated heterocycles. The largest absolute Gasteiger partial charge is 0.483 e. The number of nitrogens with one attached hydrogen (secondary N) is 1. The van der Waals surface area contributed by atoms with Crippen LogP contribution in [0.2, 0.25) is 10.0 Å². The Labute approximate surface area is 195 Å².